The standard InChI is InChI=1S/C15H12ClF3N2/c1-10-4-2-3-5-11(10)9-20-21-14-8-12(15(17,18)19)6-7-13(14)16/h2-9,21H,1H3/b20-9-. The van der Waals surface area contributed by atoms with E-state index in [1.54, 1.807) is 0 Å². The normalized spacial score (nSPS) is 11.9. The monoisotopic (exact) mass is 312 g/mol. The number of halogens is 4. The first kappa shape index (κ1) is 15.4. The summed E-state index contributed by atoms with van der Waals surface area (Å²) < 4.78 is 37.9. The summed E-state index contributed by atoms with van der Waals surface area (Å²) >= 11 is 5.86. The van der Waals surface area contributed by atoms with E-state index >= 15 is 0 Å². The Bertz CT molecular complexity index is 666. The molecule has 0 aliphatic rings. The van der Waals surface area contributed by atoms with Crippen molar-refractivity contribution >= 4 is 23.5 Å². The Kier molecular flexibility index (Phi) is 4.53. The molecule has 0 unspecified atom stereocenters. The predicted octanol–water partition coefficient (Wildman–Crippen LogP) is 5.11. The fourth-order valence-corrected chi connectivity index (χ4v) is 1.85. The molecular formula is C15H12ClF3N2. The summed E-state index contributed by atoms with van der Waals surface area (Å²) in [5, 5.41) is 4.10. The molecule has 0 aliphatic carbocycles. The molecule has 2 aromatic rings. The van der Waals surface area contributed by atoms with Crippen molar-refractivity contribution in [2.24, 2.45) is 5.10 Å². The molecule has 0 radical (unpaired) electrons. The fourth-order valence-electron chi connectivity index (χ4n) is 1.69. The molecule has 2 nitrogen and oxygen atoms in total. The summed E-state index contributed by atoms with van der Waals surface area (Å²) in [6.07, 6.45) is -2.88. The van der Waals surface area contributed by atoms with Crippen LogP contribution >= 0.6 is 11.6 Å². The second kappa shape index (κ2) is 6.18. The van der Waals surface area contributed by atoms with Crippen LogP contribution in [-0.4, -0.2) is 6.21 Å². The number of anilines is 1. The van der Waals surface area contributed by atoms with Crippen LogP contribution in [0.15, 0.2) is 47.6 Å². The van der Waals surface area contributed by atoms with Crippen LogP contribution in [0.4, 0.5) is 18.9 Å². The smallest absolute Gasteiger partial charge is 0.277 e. The molecule has 6 heteroatoms. The van der Waals surface area contributed by atoms with Gasteiger partial charge in [0.15, 0.2) is 0 Å². The van der Waals surface area contributed by atoms with Crippen LogP contribution in [0.25, 0.3) is 0 Å². The Morgan fingerprint density at radius 3 is 2.52 bits per heavy atom. The molecule has 0 amide bonds. The van der Waals surface area contributed by atoms with Crippen LogP contribution in [0.2, 0.25) is 5.02 Å². The van der Waals surface area contributed by atoms with Gasteiger partial charge in [-0.15, -0.1) is 0 Å². The zero-order valence-corrected chi connectivity index (χ0v) is 11.8. The molecule has 0 fully saturated rings. The van der Waals surface area contributed by atoms with E-state index < -0.39 is 11.7 Å². The second-order valence-electron chi connectivity index (χ2n) is 4.42. The fraction of sp³-hybridized carbons (Fsp3) is 0.133. The largest absolute Gasteiger partial charge is 0.416 e. The Balaban J connectivity index is 2.18. The van der Waals surface area contributed by atoms with Gasteiger partial charge in [-0.05, 0) is 36.2 Å². The highest BCUT2D eigenvalue weighted by atomic mass is 35.5. The van der Waals surface area contributed by atoms with E-state index in [1.165, 1.54) is 12.3 Å². The molecule has 0 bridgehead atoms. The topological polar surface area (TPSA) is 24.4 Å². The number of nitrogens with one attached hydrogen (secondary N) is 1. The minimum absolute atomic E-state index is 0.108. The molecule has 21 heavy (non-hydrogen) atoms. The van der Waals surface area contributed by atoms with Crippen molar-refractivity contribution in [3.63, 3.8) is 0 Å². The minimum atomic E-state index is -4.42. The van der Waals surface area contributed by atoms with E-state index in [9.17, 15) is 13.2 Å². The first-order chi connectivity index (χ1) is 9.88. The number of benzene rings is 2. The number of hydrazone groups is 1. The lowest BCUT2D eigenvalue weighted by Gasteiger charge is -2.09. The van der Waals surface area contributed by atoms with Gasteiger partial charge in [-0.3, -0.25) is 5.43 Å². The van der Waals surface area contributed by atoms with E-state index in [1.807, 2.05) is 31.2 Å². The van der Waals surface area contributed by atoms with Gasteiger partial charge in [0, 0.05) is 0 Å². The summed E-state index contributed by atoms with van der Waals surface area (Å²) in [6.45, 7) is 1.92. The molecule has 2 aromatic carbocycles. The Morgan fingerprint density at radius 1 is 1.14 bits per heavy atom. The van der Waals surface area contributed by atoms with Crippen LogP contribution in [-0.2, 0) is 6.18 Å². The van der Waals surface area contributed by atoms with Crippen LogP contribution in [0, 0.1) is 6.92 Å². The van der Waals surface area contributed by atoms with Crippen molar-refractivity contribution in [1.82, 2.24) is 0 Å². The van der Waals surface area contributed by atoms with E-state index in [4.69, 9.17) is 11.6 Å². The lowest BCUT2D eigenvalue weighted by molar-refractivity contribution is -0.137. The van der Waals surface area contributed by atoms with Gasteiger partial charge >= 0.3 is 6.18 Å². The number of hydrogen-bond acceptors (Lipinski definition) is 2. The third-order valence-corrected chi connectivity index (χ3v) is 3.20. The van der Waals surface area contributed by atoms with Crippen LogP contribution in [0.5, 0.6) is 0 Å². The predicted molar refractivity (Wildman–Crippen MR) is 78.8 cm³/mol. The van der Waals surface area contributed by atoms with Gasteiger partial charge in [-0.25, -0.2) is 0 Å². The Labute approximate surface area is 125 Å². The zero-order valence-electron chi connectivity index (χ0n) is 11.1. The van der Waals surface area contributed by atoms with E-state index in [0.29, 0.717) is 0 Å². The average molecular weight is 313 g/mol. The highest BCUT2D eigenvalue weighted by Crippen LogP contribution is 2.33. The van der Waals surface area contributed by atoms with Crippen molar-refractivity contribution in [3.05, 3.63) is 64.2 Å². The quantitative estimate of drug-likeness (QED) is 0.618. The average Bonchev–Trinajstić information content (AvgIpc) is 2.41. The lowest BCUT2D eigenvalue weighted by atomic mass is 10.1. The number of aryl methyl sites for hydroxylation is 1. The van der Waals surface area contributed by atoms with Crippen molar-refractivity contribution in [2.45, 2.75) is 13.1 Å². The summed E-state index contributed by atoms with van der Waals surface area (Å²) in [4.78, 5) is 0. The van der Waals surface area contributed by atoms with E-state index in [-0.39, 0.29) is 10.7 Å². The van der Waals surface area contributed by atoms with Gasteiger partial charge in [-0.2, -0.15) is 18.3 Å². The van der Waals surface area contributed by atoms with Gasteiger partial charge < -0.3 is 0 Å². The van der Waals surface area contributed by atoms with Crippen molar-refractivity contribution in [2.75, 3.05) is 5.43 Å². The Morgan fingerprint density at radius 2 is 1.86 bits per heavy atom. The molecular weight excluding hydrogens is 301 g/mol. The van der Waals surface area contributed by atoms with Gasteiger partial charge in [0.1, 0.15) is 0 Å². The SMILES string of the molecule is Cc1ccccc1/C=N\Nc1cc(C(F)(F)F)ccc1Cl. The maximum Gasteiger partial charge on any atom is 0.416 e. The molecule has 0 spiro atoms. The first-order valence-electron chi connectivity index (χ1n) is 6.09. The molecule has 0 saturated carbocycles. The van der Waals surface area contributed by atoms with Crippen molar-refractivity contribution in [3.8, 4) is 0 Å². The first-order valence-corrected chi connectivity index (χ1v) is 6.47. The van der Waals surface area contributed by atoms with Gasteiger partial charge in [0.25, 0.3) is 0 Å². The van der Waals surface area contributed by atoms with Crippen LogP contribution < -0.4 is 5.43 Å². The molecule has 0 saturated heterocycles. The summed E-state index contributed by atoms with van der Waals surface area (Å²) in [7, 11) is 0. The molecule has 0 atom stereocenters. The number of rotatable bonds is 3. The maximum atomic E-state index is 12.6. The molecule has 0 heterocycles. The highest BCUT2D eigenvalue weighted by molar-refractivity contribution is 6.33. The van der Waals surface area contributed by atoms with E-state index in [0.717, 1.165) is 23.3 Å². The third kappa shape index (κ3) is 3.98. The van der Waals surface area contributed by atoms with Gasteiger partial charge in [0.2, 0.25) is 0 Å². The summed E-state index contributed by atoms with van der Waals surface area (Å²) in [5.41, 5.74) is 3.75. The molecule has 0 aliphatic heterocycles. The third-order valence-electron chi connectivity index (χ3n) is 2.87. The molecule has 0 aromatic heterocycles. The van der Waals surface area contributed by atoms with Crippen LogP contribution in [0.1, 0.15) is 16.7 Å². The summed E-state index contributed by atoms with van der Waals surface area (Å²) in [6, 6.07) is 10.6. The lowest BCUT2D eigenvalue weighted by Crippen LogP contribution is -2.05. The van der Waals surface area contributed by atoms with Crippen molar-refractivity contribution in [1.29, 1.82) is 0 Å². The zero-order chi connectivity index (χ0) is 15.5. The second-order valence-corrected chi connectivity index (χ2v) is 4.83. The van der Waals surface area contributed by atoms with Gasteiger partial charge in [-0.1, -0.05) is 35.9 Å². The van der Waals surface area contributed by atoms with E-state index in [2.05, 4.69) is 10.5 Å². The maximum absolute atomic E-state index is 12.6. The van der Waals surface area contributed by atoms with Crippen molar-refractivity contribution < 1.29 is 13.2 Å². The highest BCUT2D eigenvalue weighted by Gasteiger charge is 2.30. The number of alkyl halides is 3. The number of hydrogen-bond donors (Lipinski definition) is 1. The minimum Gasteiger partial charge on any atom is -0.277 e. The van der Waals surface area contributed by atoms with Crippen LogP contribution in [0.3, 0.4) is 0 Å². The summed E-state index contributed by atoms with van der Waals surface area (Å²) in [5.74, 6) is 0. The molecule has 1 N–H and O–H groups in total. The molecule has 110 valence electrons. The molecule has 2 rings (SSSR count). The van der Waals surface area contributed by atoms with Gasteiger partial charge in [0.05, 0.1) is 22.5 Å². The Hall–Kier alpha value is -2.01. The number of nitrogens with zero attached hydrogens (tertiary/aromatic N) is 1.